The first-order valence-electron chi connectivity index (χ1n) is 10.4. The molecule has 1 aromatic carbocycles. The monoisotopic (exact) mass is 387 g/mol. The zero-order valence-corrected chi connectivity index (χ0v) is 17.3. The molecule has 2 N–H and O–H groups in total. The second-order valence-electron chi connectivity index (χ2n) is 9.04. The summed E-state index contributed by atoms with van der Waals surface area (Å²) in [4.78, 5) is 27.8. The number of anilines is 1. The van der Waals surface area contributed by atoms with E-state index < -0.39 is 5.60 Å². The predicted octanol–water partition coefficient (Wildman–Crippen LogP) is 3.65. The Morgan fingerprint density at radius 1 is 1.00 bits per heavy atom. The molecule has 0 atom stereocenters. The van der Waals surface area contributed by atoms with Gasteiger partial charge in [-0.25, -0.2) is 4.79 Å². The highest BCUT2D eigenvalue weighted by atomic mass is 16.6. The van der Waals surface area contributed by atoms with E-state index in [1.54, 1.807) is 6.07 Å². The summed E-state index contributed by atoms with van der Waals surface area (Å²) in [5, 5.41) is 0. The molecular formula is C22H33N3O3. The van der Waals surface area contributed by atoms with Gasteiger partial charge in [0.1, 0.15) is 5.60 Å². The van der Waals surface area contributed by atoms with E-state index in [4.69, 9.17) is 10.5 Å². The number of hydrogen-bond acceptors (Lipinski definition) is 4. The molecule has 6 heteroatoms. The fourth-order valence-corrected chi connectivity index (χ4v) is 4.36. The first-order chi connectivity index (χ1) is 13.2. The van der Waals surface area contributed by atoms with Crippen LogP contribution in [0.3, 0.4) is 0 Å². The number of primary amides is 1. The van der Waals surface area contributed by atoms with Crippen LogP contribution in [0.15, 0.2) is 24.3 Å². The number of ether oxygens (including phenoxy) is 1. The molecule has 0 aromatic heterocycles. The van der Waals surface area contributed by atoms with Gasteiger partial charge in [0, 0.05) is 37.4 Å². The zero-order chi connectivity index (χ0) is 20.3. The summed E-state index contributed by atoms with van der Waals surface area (Å²) in [6.45, 7) is 9.30. The van der Waals surface area contributed by atoms with E-state index in [2.05, 4.69) is 4.90 Å². The van der Waals surface area contributed by atoms with Gasteiger partial charge in [0.2, 0.25) is 5.91 Å². The molecule has 28 heavy (non-hydrogen) atoms. The van der Waals surface area contributed by atoms with E-state index in [0.29, 0.717) is 17.4 Å². The number of benzene rings is 1. The maximum atomic E-state index is 12.2. The highest BCUT2D eigenvalue weighted by Gasteiger charge is 2.32. The van der Waals surface area contributed by atoms with E-state index >= 15 is 0 Å². The second kappa shape index (κ2) is 8.41. The highest BCUT2D eigenvalue weighted by molar-refractivity contribution is 5.93. The Bertz CT molecular complexity index is 697. The third-order valence-electron chi connectivity index (χ3n) is 5.89. The van der Waals surface area contributed by atoms with Crippen LogP contribution in [-0.2, 0) is 4.74 Å². The van der Waals surface area contributed by atoms with Crippen LogP contribution in [-0.4, -0.2) is 48.7 Å². The molecule has 3 rings (SSSR count). The van der Waals surface area contributed by atoms with E-state index in [0.717, 1.165) is 57.5 Å². The van der Waals surface area contributed by atoms with Gasteiger partial charge in [-0.1, -0.05) is 6.07 Å². The van der Waals surface area contributed by atoms with Crippen LogP contribution in [0.4, 0.5) is 10.5 Å². The molecule has 2 aliphatic heterocycles. The number of rotatable bonds is 3. The van der Waals surface area contributed by atoms with Crippen molar-refractivity contribution in [2.45, 2.75) is 52.1 Å². The van der Waals surface area contributed by atoms with Crippen LogP contribution >= 0.6 is 0 Å². The lowest BCUT2D eigenvalue weighted by atomic mass is 9.79. The second-order valence-corrected chi connectivity index (χ2v) is 9.04. The first-order valence-corrected chi connectivity index (χ1v) is 10.4. The van der Waals surface area contributed by atoms with Crippen LogP contribution in [0.2, 0.25) is 0 Å². The molecule has 0 bridgehead atoms. The van der Waals surface area contributed by atoms with Crippen molar-refractivity contribution in [1.29, 1.82) is 0 Å². The summed E-state index contributed by atoms with van der Waals surface area (Å²) in [5.74, 6) is 1.00. The molecule has 2 amide bonds. The van der Waals surface area contributed by atoms with Crippen molar-refractivity contribution >= 4 is 17.7 Å². The Labute approximate surface area is 168 Å². The van der Waals surface area contributed by atoms with Gasteiger partial charge in [0.05, 0.1) is 0 Å². The van der Waals surface area contributed by atoms with Gasteiger partial charge in [0.25, 0.3) is 0 Å². The highest BCUT2D eigenvalue weighted by Crippen LogP contribution is 2.34. The molecule has 6 nitrogen and oxygen atoms in total. The van der Waals surface area contributed by atoms with Crippen molar-refractivity contribution in [2.24, 2.45) is 17.6 Å². The van der Waals surface area contributed by atoms with Gasteiger partial charge in [-0.3, -0.25) is 4.79 Å². The van der Waals surface area contributed by atoms with Crippen molar-refractivity contribution in [3.05, 3.63) is 29.8 Å². The quantitative estimate of drug-likeness (QED) is 0.859. The minimum absolute atomic E-state index is 0.185. The summed E-state index contributed by atoms with van der Waals surface area (Å²) in [6.07, 6.45) is 4.23. The predicted molar refractivity (Wildman–Crippen MR) is 110 cm³/mol. The number of carbonyl (C=O) groups is 2. The van der Waals surface area contributed by atoms with Gasteiger partial charge in [-0.15, -0.1) is 0 Å². The summed E-state index contributed by atoms with van der Waals surface area (Å²) < 4.78 is 5.49. The third kappa shape index (κ3) is 5.18. The van der Waals surface area contributed by atoms with Crippen LogP contribution in [0.1, 0.15) is 56.8 Å². The molecule has 0 aliphatic carbocycles. The van der Waals surface area contributed by atoms with Crippen molar-refractivity contribution < 1.29 is 14.3 Å². The Morgan fingerprint density at radius 2 is 1.57 bits per heavy atom. The number of nitrogens with zero attached hydrogens (tertiary/aromatic N) is 2. The normalized spacial score (nSPS) is 19.5. The van der Waals surface area contributed by atoms with Crippen molar-refractivity contribution in [3.63, 3.8) is 0 Å². The Morgan fingerprint density at radius 3 is 2.11 bits per heavy atom. The van der Waals surface area contributed by atoms with E-state index in [-0.39, 0.29) is 12.0 Å². The topological polar surface area (TPSA) is 75.9 Å². The van der Waals surface area contributed by atoms with E-state index in [9.17, 15) is 9.59 Å². The van der Waals surface area contributed by atoms with Crippen molar-refractivity contribution in [1.82, 2.24) is 4.90 Å². The molecule has 0 radical (unpaired) electrons. The molecule has 2 fully saturated rings. The Kier molecular flexibility index (Phi) is 6.16. The molecule has 2 heterocycles. The molecule has 1 aromatic rings. The number of amides is 2. The summed E-state index contributed by atoms with van der Waals surface area (Å²) in [5.41, 5.74) is 6.61. The van der Waals surface area contributed by atoms with Crippen molar-refractivity contribution in [3.8, 4) is 0 Å². The number of piperidine rings is 2. The summed E-state index contributed by atoms with van der Waals surface area (Å²) in [7, 11) is 0. The van der Waals surface area contributed by atoms with Gasteiger partial charge in [-0.05, 0) is 76.5 Å². The van der Waals surface area contributed by atoms with Crippen LogP contribution in [0, 0.1) is 11.8 Å². The molecule has 154 valence electrons. The fourth-order valence-electron chi connectivity index (χ4n) is 4.36. The minimum Gasteiger partial charge on any atom is -0.444 e. The van der Waals surface area contributed by atoms with Gasteiger partial charge < -0.3 is 20.3 Å². The molecule has 0 spiro atoms. The molecule has 2 aliphatic rings. The summed E-state index contributed by atoms with van der Waals surface area (Å²) >= 11 is 0. The lowest BCUT2D eigenvalue weighted by Gasteiger charge is -2.41. The minimum atomic E-state index is -0.438. The maximum absolute atomic E-state index is 12.2. The van der Waals surface area contributed by atoms with Gasteiger partial charge >= 0.3 is 6.09 Å². The van der Waals surface area contributed by atoms with E-state index in [1.165, 1.54) is 0 Å². The zero-order valence-electron chi connectivity index (χ0n) is 17.3. The lowest BCUT2D eigenvalue weighted by molar-refractivity contribution is 0.0152. The van der Waals surface area contributed by atoms with Gasteiger partial charge in [-0.2, -0.15) is 0 Å². The van der Waals surface area contributed by atoms with E-state index in [1.807, 2.05) is 43.9 Å². The fraction of sp³-hybridized carbons (Fsp3) is 0.636. The smallest absolute Gasteiger partial charge is 0.410 e. The first kappa shape index (κ1) is 20.5. The average molecular weight is 388 g/mol. The standard InChI is InChI=1S/C22H33N3O3/c1-22(2,3)28-21(27)25-13-9-17(10-14-25)16-7-11-24(12-8-16)19-6-4-5-18(15-19)20(23)26/h4-6,15-17H,7-14H2,1-3H3,(H2,23,26). The van der Waals surface area contributed by atoms with Crippen LogP contribution < -0.4 is 10.6 Å². The molecule has 2 saturated heterocycles. The molecular weight excluding hydrogens is 354 g/mol. The number of likely N-dealkylation sites (tertiary alicyclic amines) is 1. The molecule has 0 saturated carbocycles. The Balaban J connectivity index is 1.48. The van der Waals surface area contributed by atoms with Crippen LogP contribution in [0.25, 0.3) is 0 Å². The number of carbonyl (C=O) groups excluding carboxylic acids is 2. The lowest BCUT2D eigenvalue weighted by Crippen LogP contribution is -2.44. The Hall–Kier alpha value is -2.24. The maximum Gasteiger partial charge on any atom is 0.410 e. The van der Waals surface area contributed by atoms with Gasteiger partial charge in [0.15, 0.2) is 0 Å². The largest absolute Gasteiger partial charge is 0.444 e. The average Bonchev–Trinajstić information content (AvgIpc) is 2.67. The third-order valence-corrected chi connectivity index (χ3v) is 5.89. The summed E-state index contributed by atoms with van der Waals surface area (Å²) in [6, 6.07) is 7.60. The SMILES string of the molecule is CC(C)(C)OC(=O)N1CCC(C2CCN(c3cccc(C(N)=O)c3)CC2)CC1. The van der Waals surface area contributed by atoms with Crippen LogP contribution in [0.5, 0.6) is 0 Å². The van der Waals surface area contributed by atoms with Crippen molar-refractivity contribution in [2.75, 3.05) is 31.1 Å². The number of hydrogen-bond donors (Lipinski definition) is 1. The molecule has 0 unspecified atom stereocenters. The number of nitrogens with two attached hydrogens (primary N) is 1.